The molecule has 1 aromatic heterocycles. The summed E-state index contributed by atoms with van der Waals surface area (Å²) in [7, 11) is 0. The summed E-state index contributed by atoms with van der Waals surface area (Å²) in [4.78, 5) is 26.9. The van der Waals surface area contributed by atoms with E-state index in [1.807, 2.05) is 31.2 Å². The minimum atomic E-state index is -1.20. The van der Waals surface area contributed by atoms with Gasteiger partial charge >= 0.3 is 5.97 Å². The average molecular weight is 336 g/mol. The highest BCUT2D eigenvalue weighted by molar-refractivity contribution is 5.99. The first-order valence-electron chi connectivity index (χ1n) is 7.93. The van der Waals surface area contributed by atoms with Crippen molar-refractivity contribution in [3.63, 3.8) is 0 Å². The minimum absolute atomic E-state index is 0.168. The molecule has 0 saturated heterocycles. The Bertz CT molecular complexity index is 1040. The number of aromatic nitrogens is 1. The lowest BCUT2D eigenvalue weighted by molar-refractivity contribution is -0.116. The number of hydrogen-bond acceptors (Lipinski definition) is 3. The number of H-pyrrole nitrogens is 1. The maximum absolute atomic E-state index is 12.1. The third-order valence-electron chi connectivity index (χ3n) is 4.79. The number of carboxylic acid groups (broad SMARTS) is 1. The number of rotatable bonds is 2. The van der Waals surface area contributed by atoms with Crippen LogP contribution in [0.15, 0.2) is 36.4 Å². The minimum Gasteiger partial charge on any atom is -0.507 e. The molecule has 1 aliphatic rings. The van der Waals surface area contributed by atoms with E-state index in [9.17, 15) is 19.8 Å². The molecule has 1 aliphatic heterocycles. The van der Waals surface area contributed by atoms with E-state index in [1.165, 1.54) is 12.1 Å². The molecule has 0 aliphatic carbocycles. The van der Waals surface area contributed by atoms with Gasteiger partial charge < -0.3 is 20.5 Å². The molecule has 2 heterocycles. The summed E-state index contributed by atoms with van der Waals surface area (Å²) >= 11 is 0. The lowest BCUT2D eigenvalue weighted by Crippen LogP contribution is -2.24. The van der Waals surface area contributed by atoms with Crippen LogP contribution in [0.25, 0.3) is 10.9 Å². The zero-order valence-electron chi connectivity index (χ0n) is 13.5. The number of nitrogens with one attached hydrogen (secondary N) is 2. The van der Waals surface area contributed by atoms with Crippen LogP contribution < -0.4 is 5.32 Å². The Hall–Kier alpha value is -3.28. The Morgan fingerprint density at radius 1 is 1.24 bits per heavy atom. The van der Waals surface area contributed by atoms with Crippen molar-refractivity contribution in [1.82, 2.24) is 4.98 Å². The quantitative estimate of drug-likeness (QED) is 0.576. The van der Waals surface area contributed by atoms with Crippen molar-refractivity contribution < 1.29 is 19.8 Å². The lowest BCUT2D eigenvalue weighted by atomic mass is 9.85. The number of carbonyl (C=O) groups excluding carboxylic acids is 1. The Morgan fingerprint density at radius 3 is 2.72 bits per heavy atom. The Kier molecular flexibility index (Phi) is 3.28. The number of amides is 1. The van der Waals surface area contributed by atoms with Crippen molar-refractivity contribution in [2.75, 3.05) is 5.32 Å². The number of anilines is 1. The molecule has 0 spiro atoms. The van der Waals surface area contributed by atoms with Crippen LogP contribution >= 0.6 is 0 Å². The first-order chi connectivity index (χ1) is 12.0. The number of hydrogen-bond donors (Lipinski definition) is 4. The number of aryl methyl sites for hydroxylation is 1. The number of aromatic amines is 1. The van der Waals surface area contributed by atoms with Crippen molar-refractivity contribution in [2.45, 2.75) is 19.3 Å². The van der Waals surface area contributed by atoms with Gasteiger partial charge in [0.2, 0.25) is 5.91 Å². The molecule has 25 heavy (non-hydrogen) atoms. The highest BCUT2D eigenvalue weighted by atomic mass is 16.4. The highest BCUT2D eigenvalue weighted by Crippen LogP contribution is 2.42. The number of carboxylic acids is 1. The van der Waals surface area contributed by atoms with E-state index in [0.717, 1.165) is 22.2 Å². The molecule has 6 nitrogen and oxygen atoms in total. The van der Waals surface area contributed by atoms with Gasteiger partial charge in [-0.25, -0.2) is 4.79 Å². The zero-order valence-corrected chi connectivity index (χ0v) is 13.5. The molecule has 0 radical (unpaired) electrons. The monoisotopic (exact) mass is 336 g/mol. The summed E-state index contributed by atoms with van der Waals surface area (Å²) in [5, 5.41) is 23.0. The second kappa shape index (κ2) is 5.37. The van der Waals surface area contributed by atoms with Crippen LogP contribution in [0.2, 0.25) is 0 Å². The van der Waals surface area contributed by atoms with Crippen LogP contribution in [0.3, 0.4) is 0 Å². The van der Waals surface area contributed by atoms with Crippen LogP contribution in [0, 0.1) is 6.92 Å². The third-order valence-corrected chi connectivity index (χ3v) is 4.79. The molecule has 0 bridgehead atoms. The fourth-order valence-corrected chi connectivity index (χ4v) is 3.58. The predicted molar refractivity (Wildman–Crippen MR) is 93.2 cm³/mol. The van der Waals surface area contributed by atoms with E-state index in [2.05, 4.69) is 10.3 Å². The topological polar surface area (TPSA) is 102 Å². The van der Waals surface area contributed by atoms with Crippen LogP contribution in [0.4, 0.5) is 5.69 Å². The van der Waals surface area contributed by atoms with Gasteiger partial charge in [-0.15, -0.1) is 0 Å². The van der Waals surface area contributed by atoms with Crippen LogP contribution in [-0.4, -0.2) is 27.1 Å². The summed E-state index contributed by atoms with van der Waals surface area (Å²) in [6.45, 7) is 1.98. The molecule has 1 unspecified atom stereocenters. The van der Waals surface area contributed by atoms with E-state index in [-0.39, 0.29) is 29.6 Å². The average Bonchev–Trinajstić information content (AvgIpc) is 2.90. The largest absolute Gasteiger partial charge is 0.507 e. The van der Waals surface area contributed by atoms with Crippen molar-refractivity contribution in [1.29, 1.82) is 0 Å². The SMILES string of the molecule is Cc1c(C2CC(=O)Nc3cc(O)c(C(=O)O)cc32)[nH]c2ccccc12. The number of aromatic carboxylic acids is 1. The Morgan fingerprint density at radius 2 is 2.00 bits per heavy atom. The first-order valence-corrected chi connectivity index (χ1v) is 7.93. The molecule has 0 fully saturated rings. The van der Waals surface area contributed by atoms with Gasteiger partial charge in [0.05, 0.1) is 0 Å². The molecule has 1 amide bonds. The molecule has 6 heteroatoms. The second-order valence-corrected chi connectivity index (χ2v) is 6.28. The summed E-state index contributed by atoms with van der Waals surface area (Å²) in [6, 6.07) is 10.6. The van der Waals surface area contributed by atoms with Gasteiger partial charge in [-0.3, -0.25) is 4.79 Å². The molecular weight excluding hydrogens is 320 g/mol. The van der Waals surface area contributed by atoms with Crippen molar-refractivity contribution in [3.8, 4) is 5.75 Å². The lowest BCUT2D eigenvalue weighted by Gasteiger charge is -2.26. The van der Waals surface area contributed by atoms with Crippen molar-refractivity contribution >= 4 is 28.5 Å². The highest BCUT2D eigenvalue weighted by Gasteiger charge is 2.31. The molecule has 126 valence electrons. The van der Waals surface area contributed by atoms with Gasteiger partial charge in [0.25, 0.3) is 0 Å². The summed E-state index contributed by atoms with van der Waals surface area (Å²) < 4.78 is 0. The summed E-state index contributed by atoms with van der Waals surface area (Å²) in [5.41, 5.74) is 3.85. The third kappa shape index (κ3) is 2.34. The smallest absolute Gasteiger partial charge is 0.339 e. The van der Waals surface area contributed by atoms with Crippen LogP contribution in [0.1, 0.15) is 39.5 Å². The number of phenols is 1. The van der Waals surface area contributed by atoms with Crippen LogP contribution in [-0.2, 0) is 4.79 Å². The maximum atomic E-state index is 12.1. The van der Waals surface area contributed by atoms with Gasteiger partial charge in [0, 0.05) is 40.7 Å². The van der Waals surface area contributed by atoms with E-state index in [4.69, 9.17) is 0 Å². The number of carbonyl (C=O) groups is 2. The number of aromatic hydroxyl groups is 1. The van der Waals surface area contributed by atoms with Crippen molar-refractivity contribution in [2.24, 2.45) is 0 Å². The van der Waals surface area contributed by atoms with Gasteiger partial charge in [0.15, 0.2) is 0 Å². The number of para-hydroxylation sites is 1. The molecule has 2 aromatic carbocycles. The van der Waals surface area contributed by atoms with Crippen molar-refractivity contribution in [3.05, 3.63) is 58.8 Å². The molecule has 4 N–H and O–H groups in total. The Labute approximate surface area is 143 Å². The Balaban J connectivity index is 1.94. The summed E-state index contributed by atoms with van der Waals surface area (Å²) in [6.07, 6.45) is 0.213. The van der Waals surface area contributed by atoms with Gasteiger partial charge in [0.1, 0.15) is 11.3 Å². The zero-order chi connectivity index (χ0) is 17.7. The standard InChI is InChI=1S/C19H16N2O4/c1-9-10-4-2-3-5-14(10)21-18(9)12-7-17(23)20-15-8-16(22)13(19(24)25)6-11(12)15/h2-6,8,12,21-22H,7H2,1H3,(H,20,23)(H,24,25). The van der Waals surface area contributed by atoms with Gasteiger partial charge in [-0.2, -0.15) is 0 Å². The molecular formula is C19H16N2O4. The number of benzene rings is 2. The fourth-order valence-electron chi connectivity index (χ4n) is 3.58. The molecule has 4 rings (SSSR count). The maximum Gasteiger partial charge on any atom is 0.339 e. The second-order valence-electron chi connectivity index (χ2n) is 6.28. The van der Waals surface area contributed by atoms with E-state index in [1.54, 1.807) is 0 Å². The fraction of sp³-hybridized carbons (Fsp3) is 0.158. The van der Waals surface area contributed by atoms with Gasteiger partial charge in [-0.1, -0.05) is 18.2 Å². The molecule has 3 aromatic rings. The van der Waals surface area contributed by atoms with E-state index >= 15 is 0 Å². The first kappa shape index (κ1) is 15.3. The van der Waals surface area contributed by atoms with E-state index in [0.29, 0.717) is 11.3 Å². The van der Waals surface area contributed by atoms with E-state index < -0.39 is 5.97 Å². The molecule has 0 saturated carbocycles. The van der Waals surface area contributed by atoms with Crippen LogP contribution in [0.5, 0.6) is 5.75 Å². The van der Waals surface area contributed by atoms with Gasteiger partial charge in [-0.05, 0) is 30.2 Å². The summed E-state index contributed by atoms with van der Waals surface area (Å²) in [5.74, 6) is -2.03. The molecule has 1 atom stereocenters. The predicted octanol–water partition coefficient (Wildman–Crippen LogP) is 3.35. The normalized spacial score (nSPS) is 16.5. The number of fused-ring (bicyclic) bond motifs is 2.